The predicted octanol–water partition coefficient (Wildman–Crippen LogP) is 6.68. The highest BCUT2D eigenvalue weighted by molar-refractivity contribution is 9.10. The van der Waals surface area contributed by atoms with Crippen LogP contribution in [0.3, 0.4) is 0 Å². The van der Waals surface area contributed by atoms with Crippen molar-refractivity contribution in [3.8, 4) is 11.5 Å². The van der Waals surface area contributed by atoms with E-state index in [9.17, 15) is 4.79 Å². The zero-order chi connectivity index (χ0) is 24.6. The van der Waals surface area contributed by atoms with Crippen molar-refractivity contribution < 1.29 is 14.3 Å². The third-order valence-electron chi connectivity index (χ3n) is 7.23. The summed E-state index contributed by atoms with van der Waals surface area (Å²) in [5, 5.41) is 9.68. The summed E-state index contributed by atoms with van der Waals surface area (Å²) in [5.41, 5.74) is 6.80. The van der Waals surface area contributed by atoms with E-state index in [1.807, 2.05) is 37.3 Å². The molecule has 0 saturated heterocycles. The first-order valence-electron chi connectivity index (χ1n) is 12.3. The van der Waals surface area contributed by atoms with E-state index in [2.05, 4.69) is 68.3 Å². The quantitative estimate of drug-likeness (QED) is 0.313. The van der Waals surface area contributed by atoms with Gasteiger partial charge in [0, 0.05) is 28.3 Å². The van der Waals surface area contributed by atoms with Crippen LogP contribution in [0.15, 0.2) is 71.2 Å². The maximum absolute atomic E-state index is 12.3. The summed E-state index contributed by atoms with van der Waals surface area (Å²) in [5.74, 6) is 2.36. The second-order valence-corrected chi connectivity index (χ2v) is 10.5. The van der Waals surface area contributed by atoms with Crippen molar-refractivity contribution in [1.82, 2.24) is 5.32 Å². The molecule has 0 bridgehead atoms. The van der Waals surface area contributed by atoms with Crippen LogP contribution in [0.1, 0.15) is 40.6 Å². The van der Waals surface area contributed by atoms with E-state index in [0.717, 1.165) is 45.8 Å². The smallest absolute Gasteiger partial charge is 0.319 e. The van der Waals surface area contributed by atoms with E-state index in [1.54, 1.807) is 0 Å². The summed E-state index contributed by atoms with van der Waals surface area (Å²) >= 11 is 3.76. The van der Waals surface area contributed by atoms with E-state index >= 15 is 0 Å². The van der Waals surface area contributed by atoms with Gasteiger partial charge in [-0.2, -0.15) is 0 Å². The monoisotopic (exact) mass is 545 g/mol. The standard InChI is InChI=1S/C29H28BrN3O3/c1-17-4-2-5-19(12-17)32-29(34)31-11-10-18-8-9-25-22(13-18)20-6-3-7-21(20)28(33-25)23-14-26-27(15-24(23)30)36-16-35-26/h2-6,8-9,12-15,20-21,28,33H,7,10-11,16H2,1H3,(H2,31,32,34)/t20-,21+,28?/m1/s1. The fraction of sp³-hybridized carbons (Fsp3) is 0.276. The van der Waals surface area contributed by atoms with E-state index < -0.39 is 0 Å². The largest absolute Gasteiger partial charge is 0.454 e. The highest BCUT2D eigenvalue weighted by Gasteiger charge is 2.39. The van der Waals surface area contributed by atoms with Gasteiger partial charge in [-0.05, 0) is 78.3 Å². The Labute approximate surface area is 219 Å². The number of allylic oxidation sites excluding steroid dienone is 2. The van der Waals surface area contributed by atoms with Crippen LogP contribution >= 0.6 is 15.9 Å². The first kappa shape index (κ1) is 23.0. The van der Waals surface area contributed by atoms with E-state index in [-0.39, 0.29) is 18.9 Å². The lowest BCUT2D eigenvalue weighted by molar-refractivity contribution is 0.174. The summed E-state index contributed by atoms with van der Waals surface area (Å²) < 4.78 is 12.2. The molecule has 184 valence electrons. The molecule has 6 nitrogen and oxygen atoms in total. The molecule has 7 heteroatoms. The Hall–Kier alpha value is -3.45. The second kappa shape index (κ2) is 9.54. The van der Waals surface area contributed by atoms with Crippen LogP contribution in [0.25, 0.3) is 0 Å². The van der Waals surface area contributed by atoms with Crippen molar-refractivity contribution in [1.29, 1.82) is 0 Å². The Bertz CT molecular complexity index is 1360. The molecule has 0 saturated carbocycles. The minimum atomic E-state index is -0.184. The zero-order valence-corrected chi connectivity index (χ0v) is 21.6. The van der Waals surface area contributed by atoms with Gasteiger partial charge in [0.2, 0.25) is 6.79 Å². The topological polar surface area (TPSA) is 71.6 Å². The summed E-state index contributed by atoms with van der Waals surface area (Å²) in [6.45, 7) is 2.85. The molecule has 2 heterocycles. The van der Waals surface area contributed by atoms with Crippen LogP contribution in [0.4, 0.5) is 16.2 Å². The number of halogens is 1. The number of urea groups is 1. The van der Waals surface area contributed by atoms with Gasteiger partial charge in [0.15, 0.2) is 11.5 Å². The van der Waals surface area contributed by atoms with Crippen molar-refractivity contribution in [3.63, 3.8) is 0 Å². The fourth-order valence-corrected chi connectivity index (χ4v) is 6.07. The van der Waals surface area contributed by atoms with Crippen LogP contribution in [-0.2, 0) is 6.42 Å². The van der Waals surface area contributed by atoms with Crippen LogP contribution in [0, 0.1) is 12.8 Å². The fourth-order valence-electron chi connectivity index (χ4n) is 5.50. The first-order valence-corrected chi connectivity index (χ1v) is 13.1. The van der Waals surface area contributed by atoms with Crippen LogP contribution < -0.4 is 25.4 Å². The summed E-state index contributed by atoms with van der Waals surface area (Å²) in [4.78, 5) is 12.3. The van der Waals surface area contributed by atoms with Gasteiger partial charge in [0.05, 0.1) is 6.04 Å². The Balaban J connectivity index is 1.15. The molecule has 0 radical (unpaired) electrons. The average molecular weight is 546 g/mol. The molecule has 1 unspecified atom stereocenters. The molecule has 0 aromatic heterocycles. The van der Waals surface area contributed by atoms with Crippen molar-refractivity contribution in [3.05, 3.63) is 93.5 Å². The number of carbonyl (C=O) groups is 1. The lowest BCUT2D eigenvalue weighted by Gasteiger charge is -2.38. The maximum Gasteiger partial charge on any atom is 0.319 e. The lowest BCUT2D eigenvalue weighted by Crippen LogP contribution is -2.31. The number of hydrogen-bond donors (Lipinski definition) is 3. The number of anilines is 2. The van der Waals surface area contributed by atoms with Gasteiger partial charge in [-0.15, -0.1) is 0 Å². The second-order valence-electron chi connectivity index (χ2n) is 9.62. The number of benzene rings is 3. The van der Waals surface area contributed by atoms with Crippen LogP contribution in [0.2, 0.25) is 0 Å². The normalized spacial score (nSPS) is 20.9. The Kier molecular flexibility index (Phi) is 6.09. The van der Waals surface area contributed by atoms with Crippen LogP contribution in [0.5, 0.6) is 11.5 Å². The molecule has 0 spiro atoms. The third-order valence-corrected chi connectivity index (χ3v) is 7.92. The highest BCUT2D eigenvalue weighted by atomic mass is 79.9. The third kappa shape index (κ3) is 4.44. The minimum Gasteiger partial charge on any atom is -0.454 e. The van der Waals surface area contributed by atoms with Crippen molar-refractivity contribution >= 4 is 33.3 Å². The first-order chi connectivity index (χ1) is 17.5. The number of fused-ring (bicyclic) bond motifs is 4. The van der Waals surface area contributed by atoms with E-state index in [1.165, 1.54) is 16.7 Å². The molecule has 3 aromatic carbocycles. The molecule has 6 rings (SSSR count). The molecule has 2 amide bonds. The summed E-state index contributed by atoms with van der Waals surface area (Å²) in [6.07, 6.45) is 6.43. The van der Waals surface area contributed by atoms with Crippen molar-refractivity contribution in [2.24, 2.45) is 5.92 Å². The average Bonchev–Trinajstić information content (AvgIpc) is 3.53. The molecular weight excluding hydrogens is 518 g/mol. The van der Waals surface area contributed by atoms with Gasteiger partial charge < -0.3 is 25.4 Å². The molecule has 3 atom stereocenters. The Morgan fingerprint density at radius 2 is 1.94 bits per heavy atom. The number of hydrogen-bond acceptors (Lipinski definition) is 4. The number of aryl methyl sites for hydroxylation is 1. The van der Waals surface area contributed by atoms with Crippen LogP contribution in [-0.4, -0.2) is 19.4 Å². The van der Waals surface area contributed by atoms with Gasteiger partial charge >= 0.3 is 6.03 Å². The molecule has 36 heavy (non-hydrogen) atoms. The maximum atomic E-state index is 12.3. The SMILES string of the molecule is Cc1cccc(NC(=O)NCCc2ccc3c(c2)[C@@H]2C=CC[C@@H]2C(c2cc4c(cc2Br)OCO4)N3)c1. The van der Waals surface area contributed by atoms with Gasteiger partial charge in [0.25, 0.3) is 0 Å². The number of amides is 2. The number of carbonyl (C=O) groups excluding carboxylic acids is 1. The van der Waals surface area contributed by atoms with E-state index in [4.69, 9.17) is 9.47 Å². The zero-order valence-electron chi connectivity index (χ0n) is 20.0. The van der Waals surface area contributed by atoms with Gasteiger partial charge in [-0.3, -0.25) is 0 Å². The molecule has 2 aliphatic heterocycles. The number of ether oxygens (including phenoxy) is 2. The minimum absolute atomic E-state index is 0.166. The molecule has 0 fully saturated rings. The van der Waals surface area contributed by atoms with E-state index in [0.29, 0.717) is 18.4 Å². The van der Waals surface area contributed by atoms with Crippen molar-refractivity contribution in [2.45, 2.75) is 31.7 Å². The van der Waals surface area contributed by atoms with Crippen molar-refractivity contribution in [2.75, 3.05) is 24.0 Å². The van der Waals surface area contributed by atoms with Gasteiger partial charge in [0.1, 0.15) is 0 Å². The van der Waals surface area contributed by atoms with Gasteiger partial charge in [-0.25, -0.2) is 4.79 Å². The molecule has 3 aromatic rings. The molecule has 3 N–H and O–H groups in total. The Morgan fingerprint density at radius 1 is 1.08 bits per heavy atom. The highest BCUT2D eigenvalue weighted by Crippen LogP contribution is 2.52. The summed E-state index contributed by atoms with van der Waals surface area (Å²) in [6, 6.07) is 18.5. The molecular formula is C29H28BrN3O3. The lowest BCUT2D eigenvalue weighted by atomic mass is 9.76. The molecule has 3 aliphatic rings. The Morgan fingerprint density at radius 3 is 2.81 bits per heavy atom. The number of rotatable bonds is 5. The summed E-state index contributed by atoms with van der Waals surface area (Å²) in [7, 11) is 0. The molecule has 1 aliphatic carbocycles. The predicted molar refractivity (Wildman–Crippen MR) is 145 cm³/mol. The number of nitrogens with one attached hydrogen (secondary N) is 3. The van der Waals surface area contributed by atoms with Gasteiger partial charge in [-0.1, -0.05) is 52.3 Å².